The van der Waals surface area contributed by atoms with Crippen LogP contribution < -0.4 is 0 Å². The van der Waals surface area contributed by atoms with Crippen LogP contribution in [0.2, 0.25) is 0 Å². The van der Waals surface area contributed by atoms with Crippen molar-refractivity contribution in [2.45, 2.75) is 20.8 Å². The molecule has 0 heteroatoms. The van der Waals surface area contributed by atoms with Crippen molar-refractivity contribution in [3.8, 4) is 0 Å². The first kappa shape index (κ1) is 11.7. The van der Waals surface area contributed by atoms with E-state index in [1.807, 2.05) is 39.0 Å². The summed E-state index contributed by atoms with van der Waals surface area (Å²) in [4.78, 5) is 0. The maximum Gasteiger partial charge on any atom is -0.0231 e. The molecular formula is C13H18. The second kappa shape index (κ2) is 5.36. The van der Waals surface area contributed by atoms with E-state index >= 15 is 0 Å². The van der Waals surface area contributed by atoms with Crippen LogP contribution in [0.15, 0.2) is 60.3 Å². The molecule has 13 heavy (non-hydrogen) atoms. The van der Waals surface area contributed by atoms with Crippen LogP contribution in [-0.4, -0.2) is 0 Å². The van der Waals surface area contributed by atoms with Crippen molar-refractivity contribution < 1.29 is 0 Å². The molecule has 0 N–H and O–H groups in total. The summed E-state index contributed by atoms with van der Waals surface area (Å²) in [6.45, 7) is 17.5. The first-order valence-electron chi connectivity index (χ1n) is 4.31. The Balaban J connectivity index is 4.90. The molecule has 0 atom stereocenters. The van der Waals surface area contributed by atoms with Gasteiger partial charge >= 0.3 is 0 Å². The van der Waals surface area contributed by atoms with E-state index in [-0.39, 0.29) is 0 Å². The Morgan fingerprint density at radius 2 is 1.54 bits per heavy atom. The van der Waals surface area contributed by atoms with Gasteiger partial charge in [0.2, 0.25) is 0 Å². The second-order valence-corrected chi connectivity index (χ2v) is 3.24. The smallest absolute Gasteiger partial charge is 0.0231 e. The van der Waals surface area contributed by atoms with Gasteiger partial charge in [0.15, 0.2) is 0 Å². The Labute approximate surface area is 81.7 Å². The third-order valence-corrected chi connectivity index (χ3v) is 1.84. The van der Waals surface area contributed by atoms with Crippen LogP contribution in [0.3, 0.4) is 0 Å². The van der Waals surface area contributed by atoms with Crippen molar-refractivity contribution in [2.75, 3.05) is 0 Å². The largest absolute Gasteiger partial charge is 0.0985 e. The highest BCUT2D eigenvalue weighted by Crippen LogP contribution is 2.14. The third kappa shape index (κ3) is 4.32. The van der Waals surface area contributed by atoms with Gasteiger partial charge in [-0.25, -0.2) is 0 Å². The zero-order valence-corrected chi connectivity index (χ0v) is 8.85. The lowest BCUT2D eigenvalue weighted by Crippen LogP contribution is -1.83. The van der Waals surface area contributed by atoms with Gasteiger partial charge in [-0.3, -0.25) is 0 Å². The van der Waals surface area contributed by atoms with E-state index in [9.17, 15) is 0 Å². The van der Waals surface area contributed by atoms with Crippen LogP contribution in [0.4, 0.5) is 0 Å². The summed E-state index contributed by atoms with van der Waals surface area (Å²) in [5.74, 6) is 0. The first-order valence-corrected chi connectivity index (χ1v) is 4.31. The van der Waals surface area contributed by atoms with E-state index in [0.717, 1.165) is 16.7 Å². The molecule has 0 radical (unpaired) electrons. The summed E-state index contributed by atoms with van der Waals surface area (Å²) in [6, 6.07) is 0. The van der Waals surface area contributed by atoms with Crippen LogP contribution in [0, 0.1) is 0 Å². The predicted octanol–water partition coefficient (Wildman–Crippen LogP) is 4.20. The third-order valence-electron chi connectivity index (χ3n) is 1.84. The quantitative estimate of drug-likeness (QED) is 0.560. The van der Waals surface area contributed by atoms with Gasteiger partial charge in [-0.15, -0.1) is 0 Å². The van der Waals surface area contributed by atoms with E-state index in [1.165, 1.54) is 5.57 Å². The molecular weight excluding hydrogens is 156 g/mol. The van der Waals surface area contributed by atoms with Crippen molar-refractivity contribution in [1.29, 1.82) is 0 Å². The molecule has 0 nitrogen and oxygen atoms in total. The Hall–Kier alpha value is -1.30. The topological polar surface area (TPSA) is 0 Å². The van der Waals surface area contributed by atoms with Gasteiger partial charge in [-0.1, -0.05) is 49.1 Å². The molecule has 0 aliphatic rings. The Kier molecular flexibility index (Phi) is 4.83. The van der Waals surface area contributed by atoms with E-state index in [4.69, 9.17) is 0 Å². The van der Waals surface area contributed by atoms with Gasteiger partial charge in [0, 0.05) is 0 Å². The number of rotatable bonds is 4. The van der Waals surface area contributed by atoms with Crippen LogP contribution in [-0.2, 0) is 0 Å². The molecule has 0 bridgehead atoms. The average molecular weight is 174 g/mol. The molecule has 0 aromatic carbocycles. The molecule has 0 aromatic heterocycles. The average Bonchev–Trinajstić information content (AvgIpc) is 2.04. The van der Waals surface area contributed by atoms with E-state index in [0.29, 0.717) is 0 Å². The van der Waals surface area contributed by atoms with Crippen LogP contribution in [0.25, 0.3) is 0 Å². The summed E-state index contributed by atoms with van der Waals surface area (Å²) in [6.07, 6.45) is 5.83. The Bertz CT molecular complexity index is 285. The van der Waals surface area contributed by atoms with E-state index < -0.39 is 0 Å². The molecule has 0 fully saturated rings. The Morgan fingerprint density at radius 1 is 1.00 bits per heavy atom. The van der Waals surface area contributed by atoms with Gasteiger partial charge in [0.05, 0.1) is 0 Å². The predicted molar refractivity (Wildman–Crippen MR) is 61.7 cm³/mol. The minimum Gasteiger partial charge on any atom is -0.0985 e. The zero-order chi connectivity index (χ0) is 10.4. The van der Waals surface area contributed by atoms with Gasteiger partial charge in [-0.05, 0) is 31.9 Å². The minimum absolute atomic E-state index is 1.04. The zero-order valence-electron chi connectivity index (χ0n) is 8.85. The van der Waals surface area contributed by atoms with Gasteiger partial charge < -0.3 is 0 Å². The van der Waals surface area contributed by atoms with Crippen molar-refractivity contribution in [3.05, 3.63) is 60.3 Å². The second-order valence-electron chi connectivity index (χ2n) is 3.24. The summed E-state index contributed by atoms with van der Waals surface area (Å²) in [7, 11) is 0. The van der Waals surface area contributed by atoms with Crippen molar-refractivity contribution in [2.24, 2.45) is 0 Å². The molecule has 0 rings (SSSR count). The fourth-order valence-electron chi connectivity index (χ4n) is 0.825. The van der Waals surface area contributed by atoms with Crippen LogP contribution in [0.1, 0.15) is 20.8 Å². The normalized spacial score (nSPS) is 12.5. The maximum atomic E-state index is 3.89. The first-order chi connectivity index (χ1) is 5.99. The van der Waals surface area contributed by atoms with Gasteiger partial charge in [-0.2, -0.15) is 0 Å². The lowest BCUT2D eigenvalue weighted by atomic mass is 10.0. The molecule has 0 heterocycles. The lowest BCUT2D eigenvalue weighted by Gasteiger charge is -2.03. The standard InChI is InChI=1S/C13H18/c1-7-13(9-8-10(2)3)12(6)11(4)5/h7-9H,1-2,4H2,3,5-6H3/b9-8-,13-12+. The van der Waals surface area contributed by atoms with E-state index in [1.54, 1.807) is 0 Å². The molecule has 0 spiro atoms. The van der Waals surface area contributed by atoms with E-state index in [2.05, 4.69) is 19.7 Å². The molecule has 0 aliphatic heterocycles. The molecule has 0 aliphatic carbocycles. The molecule has 0 amide bonds. The number of hydrogen-bond acceptors (Lipinski definition) is 0. The van der Waals surface area contributed by atoms with Gasteiger partial charge in [0.1, 0.15) is 0 Å². The summed E-state index contributed by atoms with van der Waals surface area (Å²) in [5.41, 5.74) is 4.39. The Morgan fingerprint density at radius 3 is 1.85 bits per heavy atom. The molecule has 0 aromatic rings. The minimum atomic E-state index is 1.04. The fourth-order valence-corrected chi connectivity index (χ4v) is 0.825. The summed E-state index contributed by atoms with van der Waals surface area (Å²) in [5, 5.41) is 0. The number of allylic oxidation sites excluding steroid dienone is 7. The monoisotopic (exact) mass is 174 g/mol. The molecule has 0 saturated carbocycles. The van der Waals surface area contributed by atoms with Crippen molar-refractivity contribution in [3.63, 3.8) is 0 Å². The van der Waals surface area contributed by atoms with Crippen LogP contribution in [0.5, 0.6) is 0 Å². The van der Waals surface area contributed by atoms with Gasteiger partial charge in [0.25, 0.3) is 0 Å². The molecule has 0 unspecified atom stereocenters. The SMILES string of the molecule is C=CC(/C=C\C(=C)C)=C(/C)C(=C)C. The van der Waals surface area contributed by atoms with Crippen LogP contribution >= 0.6 is 0 Å². The summed E-state index contributed by atoms with van der Waals surface area (Å²) < 4.78 is 0. The molecule has 0 saturated heterocycles. The van der Waals surface area contributed by atoms with Crippen molar-refractivity contribution in [1.82, 2.24) is 0 Å². The summed E-state index contributed by atoms with van der Waals surface area (Å²) >= 11 is 0. The highest BCUT2D eigenvalue weighted by atomic mass is 14.0. The van der Waals surface area contributed by atoms with Crippen molar-refractivity contribution >= 4 is 0 Å². The maximum absolute atomic E-state index is 3.89. The highest BCUT2D eigenvalue weighted by Gasteiger charge is 1.94. The number of hydrogen-bond donors (Lipinski definition) is 0. The molecule has 70 valence electrons. The fraction of sp³-hybridized carbons (Fsp3) is 0.231. The highest BCUT2D eigenvalue weighted by molar-refractivity contribution is 5.43. The lowest BCUT2D eigenvalue weighted by molar-refractivity contribution is 1.32.